The fourth-order valence-corrected chi connectivity index (χ4v) is 3.80. The second-order valence-electron chi connectivity index (χ2n) is 5.59. The van der Waals surface area contributed by atoms with E-state index in [1.807, 2.05) is 19.1 Å². The Morgan fingerprint density at radius 1 is 1.25 bits per heavy atom. The van der Waals surface area contributed by atoms with E-state index in [2.05, 4.69) is 46.8 Å². The summed E-state index contributed by atoms with van der Waals surface area (Å²) in [5, 5.41) is 15.2. The van der Waals surface area contributed by atoms with Crippen LogP contribution in [0.2, 0.25) is 0 Å². The number of aryl methyl sites for hydroxylation is 1. The first kappa shape index (κ1) is 18.7. The van der Waals surface area contributed by atoms with Crippen LogP contribution < -0.4 is 10.6 Å². The highest BCUT2D eigenvalue weighted by molar-refractivity contribution is 8.01. The number of hydrogen-bond donors (Lipinski definition) is 2. The van der Waals surface area contributed by atoms with E-state index in [0.29, 0.717) is 5.75 Å². The number of rotatable bonds is 9. The Bertz CT molecular complexity index is 642. The molecule has 0 bridgehead atoms. The fraction of sp³-hybridized carbons (Fsp3) is 0.471. The minimum atomic E-state index is 0.0424. The Kier molecular flexibility index (Phi) is 7.52. The monoisotopic (exact) mass is 364 g/mol. The van der Waals surface area contributed by atoms with Gasteiger partial charge in [-0.2, -0.15) is 0 Å². The predicted octanol–water partition coefficient (Wildman–Crippen LogP) is 4.24. The average Bonchev–Trinajstić information content (AvgIpc) is 3.01. The molecule has 0 fully saturated rings. The van der Waals surface area contributed by atoms with Crippen molar-refractivity contribution in [1.82, 2.24) is 15.5 Å². The summed E-state index contributed by atoms with van der Waals surface area (Å²) in [6.07, 6.45) is 3.10. The number of nitrogens with zero attached hydrogens (tertiary/aromatic N) is 2. The number of amides is 1. The van der Waals surface area contributed by atoms with Crippen molar-refractivity contribution in [2.24, 2.45) is 0 Å². The molecule has 5 nitrogen and oxygen atoms in total. The van der Waals surface area contributed by atoms with Crippen LogP contribution in [0.4, 0.5) is 10.8 Å². The molecule has 2 aromatic rings. The lowest BCUT2D eigenvalue weighted by molar-refractivity contribution is -0.119. The number of thioether (sulfide) groups is 1. The molecular weight excluding hydrogens is 340 g/mol. The highest BCUT2D eigenvalue weighted by Gasteiger charge is 2.10. The van der Waals surface area contributed by atoms with Crippen LogP contribution in [0.5, 0.6) is 0 Å². The van der Waals surface area contributed by atoms with E-state index in [0.717, 1.165) is 34.4 Å². The summed E-state index contributed by atoms with van der Waals surface area (Å²) < 4.78 is 0.793. The van der Waals surface area contributed by atoms with Crippen molar-refractivity contribution in [2.75, 3.05) is 11.1 Å². The Morgan fingerprint density at radius 2 is 2.00 bits per heavy atom. The van der Waals surface area contributed by atoms with Gasteiger partial charge in [-0.1, -0.05) is 55.5 Å². The van der Waals surface area contributed by atoms with Gasteiger partial charge in [0, 0.05) is 11.7 Å². The Labute approximate surface area is 151 Å². The van der Waals surface area contributed by atoms with Crippen LogP contribution in [-0.4, -0.2) is 27.9 Å². The number of nitrogens with one attached hydrogen (secondary N) is 2. The molecule has 2 rings (SSSR count). The smallest absolute Gasteiger partial charge is 0.230 e. The number of hydrogen-bond acceptors (Lipinski definition) is 6. The minimum absolute atomic E-state index is 0.0424. The molecule has 130 valence electrons. The molecule has 7 heteroatoms. The number of anilines is 2. The maximum absolute atomic E-state index is 11.9. The van der Waals surface area contributed by atoms with Gasteiger partial charge in [0.25, 0.3) is 0 Å². The van der Waals surface area contributed by atoms with Gasteiger partial charge in [0.2, 0.25) is 11.0 Å². The van der Waals surface area contributed by atoms with Gasteiger partial charge in [0.15, 0.2) is 4.34 Å². The van der Waals surface area contributed by atoms with Gasteiger partial charge in [-0.15, -0.1) is 10.2 Å². The van der Waals surface area contributed by atoms with Gasteiger partial charge in [-0.3, -0.25) is 4.79 Å². The maximum Gasteiger partial charge on any atom is 0.230 e. The van der Waals surface area contributed by atoms with Crippen LogP contribution >= 0.6 is 23.1 Å². The number of carbonyl (C=O) groups is 1. The molecule has 0 saturated carbocycles. The Hall–Kier alpha value is -1.60. The van der Waals surface area contributed by atoms with E-state index in [-0.39, 0.29) is 11.9 Å². The molecule has 0 unspecified atom stereocenters. The van der Waals surface area contributed by atoms with Crippen LogP contribution in [0, 0.1) is 0 Å². The van der Waals surface area contributed by atoms with Crippen molar-refractivity contribution in [1.29, 1.82) is 0 Å². The minimum Gasteiger partial charge on any atom is -0.353 e. The van der Waals surface area contributed by atoms with Crippen LogP contribution in [-0.2, 0) is 11.2 Å². The molecule has 1 aromatic carbocycles. The summed E-state index contributed by atoms with van der Waals surface area (Å²) in [6, 6.07) is 8.49. The Morgan fingerprint density at radius 3 is 2.67 bits per heavy atom. The third kappa shape index (κ3) is 6.13. The van der Waals surface area contributed by atoms with Crippen LogP contribution in [0.25, 0.3) is 0 Å². The quantitative estimate of drug-likeness (QED) is 0.652. The average molecular weight is 365 g/mol. The van der Waals surface area contributed by atoms with Gasteiger partial charge in [0.1, 0.15) is 0 Å². The molecule has 0 aliphatic heterocycles. The van der Waals surface area contributed by atoms with Gasteiger partial charge in [0.05, 0.1) is 5.75 Å². The molecule has 1 heterocycles. The summed E-state index contributed by atoms with van der Waals surface area (Å²) in [6.45, 7) is 6.28. The summed E-state index contributed by atoms with van der Waals surface area (Å²) in [5.74, 6) is 0.411. The zero-order valence-electron chi connectivity index (χ0n) is 14.3. The van der Waals surface area contributed by atoms with Crippen molar-refractivity contribution in [2.45, 2.75) is 50.4 Å². The van der Waals surface area contributed by atoms with Crippen molar-refractivity contribution < 1.29 is 4.79 Å². The molecule has 24 heavy (non-hydrogen) atoms. The molecule has 0 aliphatic carbocycles. The highest BCUT2D eigenvalue weighted by Crippen LogP contribution is 2.27. The normalized spacial score (nSPS) is 12.0. The van der Waals surface area contributed by atoms with Gasteiger partial charge in [-0.25, -0.2) is 0 Å². The first-order chi connectivity index (χ1) is 11.6. The van der Waals surface area contributed by atoms with E-state index < -0.39 is 0 Å². The molecule has 0 spiro atoms. The molecule has 0 aliphatic rings. The topological polar surface area (TPSA) is 66.9 Å². The second kappa shape index (κ2) is 9.64. The van der Waals surface area contributed by atoms with Gasteiger partial charge in [-0.05, 0) is 37.5 Å². The lowest BCUT2D eigenvalue weighted by Crippen LogP contribution is -2.33. The third-order valence-corrected chi connectivity index (χ3v) is 5.45. The van der Waals surface area contributed by atoms with Crippen molar-refractivity contribution in [3.63, 3.8) is 0 Å². The summed E-state index contributed by atoms with van der Waals surface area (Å²) in [4.78, 5) is 11.9. The van der Waals surface area contributed by atoms with Crippen molar-refractivity contribution in [3.05, 3.63) is 29.8 Å². The van der Waals surface area contributed by atoms with Crippen molar-refractivity contribution in [3.8, 4) is 0 Å². The maximum atomic E-state index is 11.9. The van der Waals surface area contributed by atoms with Crippen LogP contribution in [0.3, 0.4) is 0 Å². The summed E-state index contributed by atoms with van der Waals surface area (Å²) in [7, 11) is 0. The zero-order valence-corrected chi connectivity index (χ0v) is 16.0. The Balaban J connectivity index is 1.81. The van der Waals surface area contributed by atoms with Crippen LogP contribution in [0.1, 0.15) is 39.2 Å². The predicted molar refractivity (Wildman–Crippen MR) is 102 cm³/mol. The summed E-state index contributed by atoms with van der Waals surface area (Å²) in [5.41, 5.74) is 2.29. The number of carbonyl (C=O) groups excluding carboxylic acids is 1. The molecular formula is C17H24N4OS2. The highest BCUT2D eigenvalue weighted by atomic mass is 32.2. The summed E-state index contributed by atoms with van der Waals surface area (Å²) >= 11 is 2.88. The van der Waals surface area contributed by atoms with Crippen molar-refractivity contribution >= 4 is 39.8 Å². The van der Waals surface area contributed by atoms with E-state index in [9.17, 15) is 4.79 Å². The van der Waals surface area contributed by atoms with Gasteiger partial charge >= 0.3 is 0 Å². The molecule has 1 amide bonds. The number of aromatic nitrogens is 2. The molecule has 0 saturated heterocycles. The lowest BCUT2D eigenvalue weighted by Gasteiger charge is -2.11. The first-order valence-electron chi connectivity index (χ1n) is 8.22. The first-order valence-corrected chi connectivity index (χ1v) is 10.0. The third-order valence-electron chi connectivity index (χ3n) is 3.48. The molecule has 0 radical (unpaired) electrons. The molecule has 2 N–H and O–H groups in total. The SMILES string of the molecule is CCC[C@@H](C)NC(=O)CSc1nnc(Nc2ccc(CC)cc2)s1. The lowest BCUT2D eigenvalue weighted by atomic mass is 10.1. The van der Waals surface area contributed by atoms with E-state index in [1.54, 1.807) is 0 Å². The zero-order chi connectivity index (χ0) is 17.4. The second-order valence-corrected chi connectivity index (χ2v) is 7.79. The fourth-order valence-electron chi connectivity index (χ4n) is 2.21. The largest absolute Gasteiger partial charge is 0.353 e. The molecule has 1 aromatic heterocycles. The van der Waals surface area contributed by atoms with Crippen LogP contribution in [0.15, 0.2) is 28.6 Å². The van der Waals surface area contributed by atoms with E-state index in [1.165, 1.54) is 28.7 Å². The van der Waals surface area contributed by atoms with Gasteiger partial charge < -0.3 is 10.6 Å². The van der Waals surface area contributed by atoms with E-state index >= 15 is 0 Å². The number of benzene rings is 1. The standard InChI is InChI=1S/C17H24N4OS2/c1-4-6-12(3)18-15(22)11-23-17-21-20-16(24-17)19-14-9-7-13(5-2)8-10-14/h7-10,12H,4-6,11H2,1-3H3,(H,18,22)(H,19,20)/t12-/m1/s1. The molecule has 1 atom stereocenters. The van der Waals surface area contributed by atoms with E-state index in [4.69, 9.17) is 0 Å².